The van der Waals surface area contributed by atoms with Crippen molar-refractivity contribution in [3.05, 3.63) is 97.1 Å². The fourth-order valence-corrected chi connectivity index (χ4v) is 6.79. The molecule has 7 heteroatoms. The Morgan fingerprint density at radius 1 is 0.447 bits per heavy atom. The summed E-state index contributed by atoms with van der Waals surface area (Å²) in [5.41, 5.74) is 4.17. The lowest BCUT2D eigenvalue weighted by Crippen LogP contribution is -2.41. The summed E-state index contributed by atoms with van der Waals surface area (Å²) >= 11 is 0. The van der Waals surface area contributed by atoms with E-state index in [0.717, 1.165) is 65.9 Å². The van der Waals surface area contributed by atoms with Crippen LogP contribution in [0.4, 0.5) is 0 Å². The molecular weight excluding hydrogens is 582 g/mol. The van der Waals surface area contributed by atoms with Crippen molar-refractivity contribution in [2.75, 3.05) is 0 Å². The molecule has 0 unspecified atom stereocenters. The maximum atomic E-state index is 7.05. The summed E-state index contributed by atoms with van der Waals surface area (Å²) in [6, 6.07) is 34.0. The fourth-order valence-electron chi connectivity index (χ4n) is 6.79. The van der Waals surface area contributed by atoms with Crippen molar-refractivity contribution >= 4 is 57.7 Å². The zero-order chi connectivity index (χ0) is 32.9. The second kappa shape index (κ2) is 10.3. The lowest BCUT2D eigenvalue weighted by Gasteiger charge is -2.32. The summed E-state index contributed by atoms with van der Waals surface area (Å²) in [7, 11) is -0.973. The van der Waals surface area contributed by atoms with Gasteiger partial charge < -0.3 is 23.0 Å². The van der Waals surface area contributed by atoms with E-state index in [4.69, 9.17) is 23.0 Å². The molecule has 5 nitrogen and oxygen atoms in total. The Bertz CT molecular complexity index is 2130. The highest BCUT2D eigenvalue weighted by Crippen LogP contribution is 2.47. The highest BCUT2D eigenvalue weighted by Gasteiger charge is 2.53. The molecule has 2 saturated heterocycles. The number of hydrogen-bond donors (Lipinski definition) is 0. The van der Waals surface area contributed by atoms with Crippen molar-refractivity contribution < 1.29 is 23.0 Å². The Morgan fingerprint density at radius 3 is 1.36 bits per heavy atom. The molecule has 236 valence electrons. The van der Waals surface area contributed by atoms with Crippen LogP contribution in [0.15, 0.2) is 101 Å². The van der Waals surface area contributed by atoms with E-state index in [2.05, 4.69) is 146 Å². The third-order valence-corrected chi connectivity index (χ3v) is 10.9. The highest BCUT2D eigenvalue weighted by molar-refractivity contribution is 6.63. The topological polar surface area (TPSA) is 50.1 Å². The molecule has 8 rings (SSSR count). The second-order valence-corrected chi connectivity index (χ2v) is 15.0. The fraction of sp³-hybridized carbons (Fsp3) is 0.300. The Balaban J connectivity index is 1.44. The molecule has 0 spiro atoms. The maximum absolute atomic E-state index is 7.05. The van der Waals surface area contributed by atoms with E-state index < -0.39 is 36.6 Å². The lowest BCUT2D eigenvalue weighted by molar-refractivity contribution is 0.00578. The normalized spacial score (nSPS) is 19.7. The van der Waals surface area contributed by atoms with Crippen molar-refractivity contribution in [1.82, 2.24) is 0 Å². The molecule has 2 fully saturated rings. The van der Waals surface area contributed by atoms with Crippen molar-refractivity contribution in [1.29, 1.82) is 0 Å². The van der Waals surface area contributed by atoms with Crippen molar-refractivity contribution in [2.45, 2.75) is 77.8 Å². The molecule has 0 N–H and O–H groups in total. The average Bonchev–Trinajstić information content (AvgIpc) is 3.62. The van der Waals surface area contributed by atoms with E-state index in [1.165, 1.54) is 0 Å². The van der Waals surface area contributed by atoms with Gasteiger partial charge >= 0.3 is 14.2 Å². The van der Waals surface area contributed by atoms with Gasteiger partial charge in [0.05, 0.1) is 22.4 Å². The van der Waals surface area contributed by atoms with E-state index in [1.54, 1.807) is 0 Å². The van der Waals surface area contributed by atoms with Crippen LogP contribution >= 0.6 is 0 Å². The van der Waals surface area contributed by atoms with Gasteiger partial charge in [0.1, 0.15) is 11.3 Å². The van der Waals surface area contributed by atoms with Crippen LogP contribution < -0.4 is 10.9 Å². The van der Waals surface area contributed by atoms with E-state index in [-0.39, 0.29) is 0 Å². The molecule has 0 bridgehead atoms. The summed E-state index contributed by atoms with van der Waals surface area (Å²) < 4.78 is 33.1. The molecular formula is C40H40B2O5. The maximum Gasteiger partial charge on any atom is 0.494 e. The van der Waals surface area contributed by atoms with Crippen LogP contribution in [0.3, 0.4) is 0 Å². The number of hydrogen-bond acceptors (Lipinski definition) is 5. The van der Waals surface area contributed by atoms with Gasteiger partial charge in [0.2, 0.25) is 0 Å². The smallest absolute Gasteiger partial charge is 0.455 e. The van der Waals surface area contributed by atoms with E-state index in [0.29, 0.717) is 0 Å². The van der Waals surface area contributed by atoms with Gasteiger partial charge in [-0.25, -0.2) is 0 Å². The molecule has 2 aliphatic heterocycles. The van der Waals surface area contributed by atoms with Crippen LogP contribution in [-0.4, -0.2) is 36.6 Å². The van der Waals surface area contributed by atoms with Crippen molar-refractivity contribution in [3.63, 3.8) is 0 Å². The summed E-state index contributed by atoms with van der Waals surface area (Å²) in [5, 5.41) is 5.39. The molecule has 6 aromatic rings. The van der Waals surface area contributed by atoms with Gasteiger partial charge in [0.25, 0.3) is 0 Å². The zero-order valence-corrected chi connectivity index (χ0v) is 28.4. The van der Waals surface area contributed by atoms with Gasteiger partial charge in [-0.1, -0.05) is 97.1 Å². The summed E-state index contributed by atoms with van der Waals surface area (Å²) in [5.74, 6) is 0.836. The first kappa shape index (κ1) is 30.5. The molecule has 3 heterocycles. The Kier molecular flexibility index (Phi) is 6.68. The first-order valence-electron chi connectivity index (χ1n) is 16.5. The first-order valence-corrected chi connectivity index (χ1v) is 16.5. The largest absolute Gasteiger partial charge is 0.494 e. The number of benzene rings is 5. The Hall–Kier alpha value is -3.87. The highest BCUT2D eigenvalue weighted by atomic mass is 16.7. The molecule has 2 aliphatic rings. The van der Waals surface area contributed by atoms with Gasteiger partial charge in [0, 0.05) is 21.9 Å². The van der Waals surface area contributed by atoms with Crippen LogP contribution in [-0.2, 0) is 18.6 Å². The molecule has 47 heavy (non-hydrogen) atoms. The third-order valence-electron chi connectivity index (χ3n) is 10.9. The number of furan rings is 1. The summed E-state index contributed by atoms with van der Waals surface area (Å²) in [4.78, 5) is 0. The predicted octanol–water partition coefficient (Wildman–Crippen LogP) is 8.67. The molecule has 1 aromatic heterocycles. The van der Waals surface area contributed by atoms with Gasteiger partial charge in [0.15, 0.2) is 0 Å². The molecule has 0 saturated carbocycles. The SMILES string of the molecule is CC1(C)OB(c2ccc3c4ccc(B5OC(C)(C)C(C)(C)O5)cc4c4c(-c5ccccc5)c(-c5ccccc5)oc4c3c2)OC1(C)C. The number of rotatable bonds is 4. The molecule has 0 aliphatic carbocycles. The molecule has 0 amide bonds. The van der Waals surface area contributed by atoms with Gasteiger partial charge in [-0.15, -0.1) is 0 Å². The third kappa shape index (κ3) is 4.70. The Labute approximate surface area is 277 Å². The van der Waals surface area contributed by atoms with Gasteiger partial charge in [-0.05, 0) is 88.0 Å². The second-order valence-electron chi connectivity index (χ2n) is 15.0. The minimum absolute atomic E-state index is 0.444. The zero-order valence-electron chi connectivity index (χ0n) is 28.4. The predicted molar refractivity (Wildman–Crippen MR) is 194 cm³/mol. The standard InChI is InChI=1S/C40H40B2O5/c1-37(2)38(3,4)45-41(44-37)27-19-21-29-30-22-20-28(42-46-39(5,6)40(7,8)47-42)24-32(30)36-34(31(29)23-27)33(25-15-11-9-12-16-25)35(43-36)26-17-13-10-14-18-26/h9-24H,1-8H3. The summed E-state index contributed by atoms with van der Waals surface area (Å²) in [6.07, 6.45) is 0. The average molecular weight is 622 g/mol. The van der Waals surface area contributed by atoms with Crippen LogP contribution in [0.25, 0.3) is 55.0 Å². The van der Waals surface area contributed by atoms with Crippen LogP contribution in [0, 0.1) is 0 Å². The minimum atomic E-state index is -0.488. The number of fused-ring (bicyclic) bond motifs is 6. The molecule has 5 aromatic carbocycles. The van der Waals surface area contributed by atoms with Crippen molar-refractivity contribution in [3.8, 4) is 22.5 Å². The molecule has 0 radical (unpaired) electrons. The van der Waals surface area contributed by atoms with E-state index >= 15 is 0 Å². The van der Waals surface area contributed by atoms with Crippen molar-refractivity contribution in [2.24, 2.45) is 0 Å². The van der Waals surface area contributed by atoms with Crippen LogP contribution in [0.2, 0.25) is 0 Å². The van der Waals surface area contributed by atoms with Gasteiger partial charge in [-0.2, -0.15) is 0 Å². The lowest BCUT2D eigenvalue weighted by atomic mass is 9.76. The minimum Gasteiger partial charge on any atom is -0.455 e. The van der Waals surface area contributed by atoms with E-state index in [1.807, 2.05) is 6.07 Å². The van der Waals surface area contributed by atoms with E-state index in [9.17, 15) is 0 Å². The quantitative estimate of drug-likeness (QED) is 0.146. The van der Waals surface area contributed by atoms with Crippen LogP contribution in [0.1, 0.15) is 55.4 Å². The molecule has 0 atom stereocenters. The van der Waals surface area contributed by atoms with Crippen LogP contribution in [0.5, 0.6) is 0 Å². The Morgan fingerprint density at radius 2 is 0.872 bits per heavy atom. The summed E-state index contributed by atoms with van der Waals surface area (Å²) in [6.45, 7) is 16.7. The first-order chi connectivity index (χ1) is 22.3. The monoisotopic (exact) mass is 622 g/mol. The van der Waals surface area contributed by atoms with Gasteiger partial charge in [-0.3, -0.25) is 0 Å².